The number of rotatable bonds is 3. The number of nitrogens with two attached hydrogens (primary N) is 1. The molecule has 2 rings (SSSR count). The van der Waals surface area contributed by atoms with Crippen molar-refractivity contribution in [1.82, 2.24) is 9.97 Å². The molecule has 0 aliphatic heterocycles. The highest BCUT2D eigenvalue weighted by molar-refractivity contribution is 7.99. The second-order valence-electron chi connectivity index (χ2n) is 3.56. The van der Waals surface area contributed by atoms with Gasteiger partial charge in [-0.05, 0) is 19.4 Å². The molecule has 2 aromatic rings. The van der Waals surface area contributed by atoms with Crippen molar-refractivity contribution in [3.05, 3.63) is 10.4 Å². The van der Waals surface area contributed by atoms with Gasteiger partial charge in [0.1, 0.15) is 10.6 Å². The molecule has 0 aliphatic carbocycles. The molecule has 0 saturated heterocycles. The van der Waals surface area contributed by atoms with Crippen LogP contribution in [0.4, 0.5) is 14.6 Å². The van der Waals surface area contributed by atoms with Crippen LogP contribution in [-0.4, -0.2) is 22.1 Å². The molecule has 0 fully saturated rings. The number of anilines is 1. The van der Waals surface area contributed by atoms with Gasteiger partial charge in [0.15, 0.2) is 5.16 Å². The van der Waals surface area contributed by atoms with Crippen LogP contribution in [0.2, 0.25) is 0 Å². The zero-order valence-electron chi connectivity index (χ0n) is 9.33. The smallest absolute Gasteiger partial charge is 0.248 e. The SMILES string of the molecule is Cc1sc2nc(SCC(F)F)nc(N)c2c1C. The fourth-order valence-electron chi connectivity index (χ4n) is 1.46. The fraction of sp³-hybridized carbons (Fsp3) is 0.400. The van der Waals surface area contributed by atoms with Crippen LogP contribution in [0, 0.1) is 13.8 Å². The summed E-state index contributed by atoms with van der Waals surface area (Å²) in [5.74, 6) is 0.0579. The molecule has 0 atom stereocenters. The lowest BCUT2D eigenvalue weighted by molar-refractivity contribution is 0.176. The van der Waals surface area contributed by atoms with Crippen molar-refractivity contribution in [2.45, 2.75) is 25.4 Å². The van der Waals surface area contributed by atoms with E-state index < -0.39 is 6.43 Å². The van der Waals surface area contributed by atoms with Crippen LogP contribution >= 0.6 is 23.1 Å². The minimum Gasteiger partial charge on any atom is -0.383 e. The maximum Gasteiger partial charge on any atom is 0.248 e. The Morgan fingerprint density at radius 1 is 1.35 bits per heavy atom. The first-order valence-corrected chi connectivity index (χ1v) is 6.73. The van der Waals surface area contributed by atoms with Gasteiger partial charge < -0.3 is 5.73 Å². The summed E-state index contributed by atoms with van der Waals surface area (Å²) < 4.78 is 24.2. The zero-order valence-corrected chi connectivity index (χ0v) is 11.0. The maximum atomic E-state index is 12.1. The van der Waals surface area contributed by atoms with Crippen LogP contribution in [0.1, 0.15) is 10.4 Å². The number of hydrogen-bond acceptors (Lipinski definition) is 5. The number of halogens is 2. The Labute approximate surface area is 105 Å². The van der Waals surface area contributed by atoms with Gasteiger partial charge in [-0.25, -0.2) is 18.7 Å². The molecule has 7 heteroatoms. The van der Waals surface area contributed by atoms with E-state index in [1.807, 2.05) is 13.8 Å². The van der Waals surface area contributed by atoms with E-state index in [2.05, 4.69) is 9.97 Å². The van der Waals surface area contributed by atoms with Gasteiger partial charge in [0.25, 0.3) is 0 Å². The molecule has 2 N–H and O–H groups in total. The molecule has 0 bridgehead atoms. The summed E-state index contributed by atoms with van der Waals surface area (Å²) in [6.07, 6.45) is -2.37. The summed E-state index contributed by atoms with van der Waals surface area (Å²) in [5.41, 5.74) is 6.90. The Balaban J connectivity index is 2.42. The molecular weight excluding hydrogens is 264 g/mol. The van der Waals surface area contributed by atoms with Crippen LogP contribution in [0.25, 0.3) is 10.2 Å². The van der Waals surface area contributed by atoms with Crippen LogP contribution in [0.3, 0.4) is 0 Å². The molecule has 0 aliphatic rings. The normalized spacial score (nSPS) is 11.6. The number of fused-ring (bicyclic) bond motifs is 1. The molecule has 0 unspecified atom stereocenters. The summed E-state index contributed by atoms with van der Waals surface area (Å²) in [6, 6.07) is 0. The van der Waals surface area contributed by atoms with Crippen molar-refractivity contribution in [2.24, 2.45) is 0 Å². The van der Waals surface area contributed by atoms with Gasteiger partial charge >= 0.3 is 0 Å². The van der Waals surface area contributed by atoms with Gasteiger partial charge in [-0.15, -0.1) is 11.3 Å². The number of aromatic nitrogens is 2. The highest BCUT2D eigenvalue weighted by Crippen LogP contribution is 2.33. The maximum absolute atomic E-state index is 12.1. The molecule has 0 spiro atoms. The molecule has 0 aromatic carbocycles. The van der Waals surface area contributed by atoms with Gasteiger partial charge in [0.2, 0.25) is 6.43 Å². The molecule has 0 radical (unpaired) electrons. The average Bonchev–Trinajstić information content (AvgIpc) is 2.52. The van der Waals surface area contributed by atoms with Crippen LogP contribution < -0.4 is 5.73 Å². The van der Waals surface area contributed by atoms with Gasteiger partial charge in [-0.2, -0.15) is 0 Å². The lowest BCUT2D eigenvalue weighted by Crippen LogP contribution is -1.99. The van der Waals surface area contributed by atoms with E-state index in [1.54, 1.807) is 0 Å². The highest BCUT2D eigenvalue weighted by atomic mass is 32.2. The number of nitrogen functional groups attached to an aromatic ring is 1. The van der Waals surface area contributed by atoms with Crippen molar-refractivity contribution in [3.8, 4) is 0 Å². The molecule has 0 amide bonds. The van der Waals surface area contributed by atoms with Gasteiger partial charge in [-0.1, -0.05) is 11.8 Å². The Kier molecular flexibility index (Phi) is 3.48. The fourth-order valence-corrected chi connectivity index (χ4v) is 3.15. The van der Waals surface area contributed by atoms with Crippen LogP contribution in [0.15, 0.2) is 5.16 Å². The first kappa shape index (κ1) is 12.5. The predicted molar refractivity (Wildman–Crippen MR) is 68.0 cm³/mol. The summed E-state index contributed by atoms with van der Waals surface area (Å²) >= 11 is 2.44. The molecule has 0 saturated carbocycles. The summed E-state index contributed by atoms with van der Waals surface area (Å²) in [7, 11) is 0. The second kappa shape index (κ2) is 4.73. The van der Waals surface area contributed by atoms with Crippen LogP contribution in [-0.2, 0) is 0 Å². The monoisotopic (exact) mass is 275 g/mol. The lowest BCUT2D eigenvalue weighted by Gasteiger charge is -2.02. The second-order valence-corrected chi connectivity index (χ2v) is 5.75. The molecule has 17 heavy (non-hydrogen) atoms. The molecular formula is C10H11F2N3S2. The minimum atomic E-state index is -2.37. The van der Waals surface area contributed by atoms with Crippen molar-refractivity contribution in [1.29, 1.82) is 0 Å². The van der Waals surface area contributed by atoms with Gasteiger partial charge in [-0.3, -0.25) is 0 Å². The lowest BCUT2D eigenvalue weighted by atomic mass is 10.2. The van der Waals surface area contributed by atoms with E-state index in [0.717, 1.165) is 32.4 Å². The third kappa shape index (κ3) is 2.50. The van der Waals surface area contributed by atoms with Gasteiger partial charge in [0, 0.05) is 4.88 Å². The third-order valence-corrected chi connectivity index (χ3v) is 4.34. The van der Waals surface area contributed by atoms with E-state index in [-0.39, 0.29) is 5.75 Å². The number of hydrogen-bond donors (Lipinski definition) is 1. The first-order chi connectivity index (χ1) is 7.99. The van der Waals surface area contributed by atoms with E-state index >= 15 is 0 Å². The van der Waals surface area contributed by atoms with E-state index in [4.69, 9.17) is 5.73 Å². The largest absolute Gasteiger partial charge is 0.383 e. The number of thiophene rings is 1. The summed E-state index contributed by atoms with van der Waals surface area (Å²) in [6.45, 7) is 3.94. The number of nitrogens with zero attached hydrogens (tertiary/aromatic N) is 2. The number of thioether (sulfide) groups is 1. The quantitative estimate of drug-likeness (QED) is 0.690. The van der Waals surface area contributed by atoms with Crippen molar-refractivity contribution in [2.75, 3.05) is 11.5 Å². The highest BCUT2D eigenvalue weighted by Gasteiger charge is 2.13. The zero-order chi connectivity index (χ0) is 12.6. The van der Waals surface area contributed by atoms with Crippen molar-refractivity contribution in [3.63, 3.8) is 0 Å². The summed E-state index contributed by atoms with van der Waals surface area (Å²) in [5, 5.41) is 1.16. The molecule has 2 aromatic heterocycles. The minimum absolute atomic E-state index is 0.311. The number of aryl methyl sites for hydroxylation is 2. The first-order valence-electron chi connectivity index (χ1n) is 4.93. The Hall–Kier alpha value is -0.950. The third-order valence-electron chi connectivity index (χ3n) is 2.37. The topological polar surface area (TPSA) is 51.8 Å². The average molecular weight is 275 g/mol. The van der Waals surface area contributed by atoms with Gasteiger partial charge in [0.05, 0.1) is 11.1 Å². The molecule has 2 heterocycles. The standard InChI is InChI=1S/C10H11F2N3S2/c1-4-5(2)17-9-7(4)8(13)14-10(15-9)16-3-6(11)12/h6H,3H2,1-2H3,(H2,13,14,15). The van der Waals surface area contributed by atoms with E-state index in [9.17, 15) is 8.78 Å². The van der Waals surface area contributed by atoms with E-state index in [1.165, 1.54) is 11.3 Å². The predicted octanol–water partition coefficient (Wildman–Crippen LogP) is 3.25. The molecule has 3 nitrogen and oxygen atoms in total. The van der Waals surface area contributed by atoms with Crippen molar-refractivity contribution >= 4 is 39.1 Å². The van der Waals surface area contributed by atoms with E-state index in [0.29, 0.717) is 11.0 Å². The van der Waals surface area contributed by atoms with Crippen molar-refractivity contribution < 1.29 is 8.78 Å². The Bertz CT molecular complexity index is 554. The molecule has 92 valence electrons. The number of alkyl halides is 2. The Morgan fingerprint density at radius 2 is 2.06 bits per heavy atom. The van der Waals surface area contributed by atoms with Crippen LogP contribution in [0.5, 0.6) is 0 Å². The summed E-state index contributed by atoms with van der Waals surface area (Å²) in [4.78, 5) is 10.2. The Morgan fingerprint density at radius 3 is 2.71 bits per heavy atom.